The minimum Gasteiger partial charge on any atom is -0.386 e. The van der Waals surface area contributed by atoms with E-state index in [0.717, 1.165) is 36.5 Å². The Morgan fingerprint density at radius 2 is 2.00 bits per heavy atom. The number of nitrogens with zero attached hydrogens (tertiary/aromatic N) is 3. The van der Waals surface area contributed by atoms with Gasteiger partial charge in [0.2, 0.25) is 0 Å². The van der Waals surface area contributed by atoms with Gasteiger partial charge in [0.15, 0.2) is 0 Å². The highest BCUT2D eigenvalue weighted by Crippen LogP contribution is 2.32. The lowest BCUT2D eigenvalue weighted by molar-refractivity contribution is 0.390. The van der Waals surface area contributed by atoms with Crippen molar-refractivity contribution in [1.82, 2.24) is 4.90 Å². The molecule has 0 bridgehead atoms. The standard InChI is InChI=1S/C19H19FN4/c20-15-7-5-13(6-8-15)11-22-19(21)17-9-10-18-23-16-4-2-1-3-14(16)12-24(17)18/h1-8,17H,9-12H2,(H2,21,22)/t17-/m1/s1. The Balaban J connectivity index is 1.51. The van der Waals surface area contributed by atoms with Crippen molar-refractivity contribution in [3.05, 3.63) is 65.5 Å². The molecule has 2 aromatic carbocycles. The Hall–Kier alpha value is -2.69. The smallest absolute Gasteiger partial charge is 0.123 e. The van der Waals surface area contributed by atoms with Crippen LogP contribution in [0.2, 0.25) is 0 Å². The van der Waals surface area contributed by atoms with Gasteiger partial charge in [-0.05, 0) is 35.7 Å². The van der Waals surface area contributed by atoms with Gasteiger partial charge in [0.05, 0.1) is 18.3 Å². The molecule has 4 rings (SSSR count). The maximum atomic E-state index is 13.0. The molecule has 0 saturated carbocycles. The third-order valence-corrected chi connectivity index (χ3v) is 4.63. The molecule has 1 fully saturated rings. The molecule has 0 radical (unpaired) electrons. The molecule has 122 valence electrons. The summed E-state index contributed by atoms with van der Waals surface area (Å²) >= 11 is 0. The fraction of sp³-hybridized carbons (Fsp3) is 0.263. The van der Waals surface area contributed by atoms with Gasteiger partial charge >= 0.3 is 0 Å². The monoisotopic (exact) mass is 322 g/mol. The van der Waals surface area contributed by atoms with Crippen LogP contribution in [0.1, 0.15) is 24.0 Å². The summed E-state index contributed by atoms with van der Waals surface area (Å²) in [6, 6.07) is 14.7. The minimum absolute atomic E-state index is 0.0950. The van der Waals surface area contributed by atoms with Crippen LogP contribution in [0.5, 0.6) is 0 Å². The summed E-state index contributed by atoms with van der Waals surface area (Å²) in [5.74, 6) is 1.49. The van der Waals surface area contributed by atoms with E-state index in [9.17, 15) is 4.39 Å². The van der Waals surface area contributed by atoms with Gasteiger partial charge in [0.25, 0.3) is 0 Å². The van der Waals surface area contributed by atoms with Gasteiger partial charge in [0.1, 0.15) is 17.5 Å². The zero-order chi connectivity index (χ0) is 16.5. The third kappa shape index (κ3) is 2.77. The fourth-order valence-electron chi connectivity index (χ4n) is 3.33. The van der Waals surface area contributed by atoms with Crippen molar-refractivity contribution in [2.45, 2.75) is 32.0 Å². The molecule has 0 unspecified atom stereocenters. The van der Waals surface area contributed by atoms with Gasteiger partial charge in [-0.1, -0.05) is 30.3 Å². The minimum atomic E-state index is -0.237. The lowest BCUT2D eigenvalue weighted by Gasteiger charge is -2.30. The highest BCUT2D eigenvalue weighted by atomic mass is 19.1. The molecule has 0 aromatic heterocycles. The van der Waals surface area contributed by atoms with Crippen molar-refractivity contribution in [2.75, 3.05) is 0 Å². The molecule has 2 N–H and O–H groups in total. The van der Waals surface area contributed by atoms with Crippen LogP contribution < -0.4 is 5.73 Å². The first-order chi connectivity index (χ1) is 11.7. The molecule has 2 heterocycles. The van der Waals surface area contributed by atoms with E-state index in [1.165, 1.54) is 17.7 Å². The highest BCUT2D eigenvalue weighted by Gasteiger charge is 2.34. The number of amidine groups is 2. The summed E-state index contributed by atoms with van der Waals surface area (Å²) in [6.45, 7) is 1.30. The third-order valence-electron chi connectivity index (χ3n) is 4.63. The molecule has 1 saturated heterocycles. The number of nitrogens with two attached hydrogens (primary N) is 1. The van der Waals surface area contributed by atoms with Crippen molar-refractivity contribution in [2.24, 2.45) is 15.7 Å². The van der Waals surface area contributed by atoms with E-state index >= 15 is 0 Å². The summed E-state index contributed by atoms with van der Waals surface area (Å²) < 4.78 is 13.0. The van der Waals surface area contributed by atoms with Crippen LogP contribution in [0.25, 0.3) is 0 Å². The Morgan fingerprint density at radius 3 is 2.83 bits per heavy atom. The molecule has 0 aliphatic carbocycles. The largest absolute Gasteiger partial charge is 0.386 e. The average molecular weight is 322 g/mol. The van der Waals surface area contributed by atoms with Crippen LogP contribution >= 0.6 is 0 Å². The van der Waals surface area contributed by atoms with Crippen LogP contribution in [0.4, 0.5) is 10.1 Å². The molecule has 2 aliphatic heterocycles. The lowest BCUT2D eigenvalue weighted by atomic mass is 10.1. The number of benzene rings is 2. The molecule has 1 atom stereocenters. The molecule has 2 aliphatic rings. The van der Waals surface area contributed by atoms with Crippen molar-refractivity contribution in [1.29, 1.82) is 0 Å². The quantitative estimate of drug-likeness (QED) is 0.695. The Morgan fingerprint density at radius 1 is 1.21 bits per heavy atom. The second-order valence-corrected chi connectivity index (χ2v) is 6.21. The van der Waals surface area contributed by atoms with Gasteiger partial charge in [-0.25, -0.2) is 9.38 Å². The molecule has 24 heavy (non-hydrogen) atoms. The summed E-state index contributed by atoms with van der Waals surface area (Å²) in [6.07, 6.45) is 1.86. The second-order valence-electron chi connectivity index (χ2n) is 6.21. The van der Waals surface area contributed by atoms with Crippen molar-refractivity contribution in [3.63, 3.8) is 0 Å². The number of halogens is 1. The van der Waals surface area contributed by atoms with Crippen molar-refractivity contribution < 1.29 is 4.39 Å². The Labute approximate surface area is 140 Å². The van der Waals surface area contributed by atoms with Crippen molar-refractivity contribution in [3.8, 4) is 0 Å². The van der Waals surface area contributed by atoms with Crippen LogP contribution in [-0.2, 0) is 13.1 Å². The number of para-hydroxylation sites is 1. The molecule has 0 spiro atoms. The van der Waals surface area contributed by atoms with Gasteiger partial charge in [-0.2, -0.15) is 0 Å². The SMILES string of the molecule is NC(=NCc1ccc(F)cc1)[C@H]1CCC2=Nc3ccccc3CN21. The zero-order valence-corrected chi connectivity index (χ0v) is 13.3. The fourth-order valence-corrected chi connectivity index (χ4v) is 3.33. The van der Waals surface area contributed by atoms with E-state index in [-0.39, 0.29) is 11.9 Å². The number of fused-ring (bicyclic) bond motifs is 2. The maximum absolute atomic E-state index is 13.0. The van der Waals surface area contributed by atoms with E-state index in [1.54, 1.807) is 12.1 Å². The summed E-state index contributed by atoms with van der Waals surface area (Å²) in [5, 5.41) is 0. The van der Waals surface area contributed by atoms with Crippen LogP contribution in [-0.4, -0.2) is 22.6 Å². The first-order valence-electron chi connectivity index (χ1n) is 8.17. The Kier molecular flexibility index (Phi) is 3.76. The second kappa shape index (κ2) is 6.07. The predicted molar refractivity (Wildman–Crippen MR) is 93.8 cm³/mol. The molecule has 0 amide bonds. The number of aliphatic imine (C=N–C) groups is 2. The van der Waals surface area contributed by atoms with Crippen LogP contribution in [0, 0.1) is 5.82 Å². The Bertz CT molecular complexity index is 810. The molecular formula is C19H19FN4. The van der Waals surface area contributed by atoms with Gasteiger partial charge in [0, 0.05) is 13.0 Å². The van der Waals surface area contributed by atoms with Crippen LogP contribution in [0.3, 0.4) is 0 Å². The lowest BCUT2D eigenvalue weighted by Crippen LogP contribution is -2.42. The van der Waals surface area contributed by atoms with E-state index in [1.807, 2.05) is 12.1 Å². The normalized spacial score (nSPS) is 19.7. The molecule has 5 heteroatoms. The van der Waals surface area contributed by atoms with Gasteiger partial charge in [-0.15, -0.1) is 0 Å². The molecule has 4 nitrogen and oxygen atoms in total. The highest BCUT2D eigenvalue weighted by molar-refractivity contribution is 5.97. The zero-order valence-electron chi connectivity index (χ0n) is 13.3. The summed E-state index contributed by atoms with van der Waals surface area (Å²) in [5.41, 5.74) is 9.50. The first-order valence-corrected chi connectivity index (χ1v) is 8.17. The van der Waals surface area contributed by atoms with Gasteiger partial charge in [-0.3, -0.25) is 4.99 Å². The van der Waals surface area contributed by atoms with E-state index in [2.05, 4.69) is 22.0 Å². The summed E-state index contributed by atoms with van der Waals surface area (Å²) in [4.78, 5) is 11.5. The van der Waals surface area contributed by atoms with Crippen LogP contribution in [0.15, 0.2) is 58.5 Å². The van der Waals surface area contributed by atoms with E-state index in [0.29, 0.717) is 12.4 Å². The topological polar surface area (TPSA) is 54.0 Å². The molecule has 2 aromatic rings. The summed E-state index contributed by atoms with van der Waals surface area (Å²) in [7, 11) is 0. The first kappa shape index (κ1) is 14.9. The van der Waals surface area contributed by atoms with Gasteiger partial charge < -0.3 is 10.6 Å². The maximum Gasteiger partial charge on any atom is 0.123 e. The number of rotatable bonds is 3. The van der Waals surface area contributed by atoms with E-state index < -0.39 is 0 Å². The predicted octanol–water partition coefficient (Wildman–Crippen LogP) is 3.39. The number of hydrogen-bond donors (Lipinski definition) is 1. The van der Waals surface area contributed by atoms with E-state index in [4.69, 9.17) is 10.7 Å². The average Bonchev–Trinajstić information content (AvgIpc) is 3.02. The molecular weight excluding hydrogens is 303 g/mol. The van der Waals surface area contributed by atoms with Crippen molar-refractivity contribution >= 4 is 17.4 Å². The number of hydrogen-bond acceptors (Lipinski definition) is 3.